The monoisotopic (exact) mass is 272 g/mol. The molecule has 6 nitrogen and oxygen atoms in total. The van der Waals surface area contributed by atoms with Gasteiger partial charge in [0.1, 0.15) is 6.04 Å². The van der Waals surface area contributed by atoms with Gasteiger partial charge in [-0.25, -0.2) is 4.79 Å². The lowest BCUT2D eigenvalue weighted by Gasteiger charge is -2.12. The van der Waals surface area contributed by atoms with Crippen molar-refractivity contribution in [1.29, 1.82) is 0 Å². The van der Waals surface area contributed by atoms with Crippen LogP contribution in [0.1, 0.15) is 52.4 Å². The van der Waals surface area contributed by atoms with Crippen LogP contribution in [0.25, 0.3) is 0 Å². The largest absolute Gasteiger partial charge is 0.480 e. The Morgan fingerprint density at radius 2 is 1.84 bits per heavy atom. The number of unbranched alkanes of at least 4 members (excludes halogenated alkanes) is 2. The van der Waals surface area contributed by atoms with Gasteiger partial charge in [0.2, 0.25) is 11.8 Å². The Bertz CT molecular complexity index is 305. The van der Waals surface area contributed by atoms with Crippen molar-refractivity contribution in [3.05, 3.63) is 0 Å². The topological polar surface area (TPSA) is 95.5 Å². The standard InChI is InChI=1S/C13H24N2O4/c1-3-4-8-12(17)14-9-6-5-7-11(13(18)19)15-10(2)16/h11H,3-9H2,1-2H3,(H,14,17)(H,15,16)(H,18,19). The lowest BCUT2D eigenvalue weighted by molar-refractivity contribution is -0.141. The molecule has 0 aliphatic carbocycles. The summed E-state index contributed by atoms with van der Waals surface area (Å²) in [5.41, 5.74) is 0. The van der Waals surface area contributed by atoms with Crippen LogP contribution in [0.15, 0.2) is 0 Å². The highest BCUT2D eigenvalue weighted by Crippen LogP contribution is 2.01. The number of carbonyl (C=O) groups is 3. The van der Waals surface area contributed by atoms with Crippen LogP contribution in [0.2, 0.25) is 0 Å². The highest BCUT2D eigenvalue weighted by Gasteiger charge is 2.17. The fraction of sp³-hybridized carbons (Fsp3) is 0.769. The minimum Gasteiger partial charge on any atom is -0.480 e. The highest BCUT2D eigenvalue weighted by atomic mass is 16.4. The van der Waals surface area contributed by atoms with Crippen molar-refractivity contribution in [2.24, 2.45) is 0 Å². The maximum absolute atomic E-state index is 11.3. The molecule has 0 spiro atoms. The first-order valence-electron chi connectivity index (χ1n) is 6.74. The van der Waals surface area contributed by atoms with Crippen molar-refractivity contribution in [1.82, 2.24) is 10.6 Å². The second-order valence-electron chi connectivity index (χ2n) is 4.54. The molecule has 19 heavy (non-hydrogen) atoms. The number of nitrogens with one attached hydrogen (secondary N) is 2. The fourth-order valence-electron chi connectivity index (χ4n) is 1.63. The van der Waals surface area contributed by atoms with Crippen molar-refractivity contribution in [3.63, 3.8) is 0 Å². The zero-order valence-electron chi connectivity index (χ0n) is 11.7. The van der Waals surface area contributed by atoms with Crippen molar-refractivity contribution >= 4 is 17.8 Å². The maximum Gasteiger partial charge on any atom is 0.326 e. The lowest BCUT2D eigenvalue weighted by Crippen LogP contribution is -2.39. The van der Waals surface area contributed by atoms with E-state index in [0.717, 1.165) is 12.8 Å². The molecule has 110 valence electrons. The molecular formula is C13H24N2O4. The van der Waals surface area contributed by atoms with E-state index in [-0.39, 0.29) is 11.8 Å². The van der Waals surface area contributed by atoms with E-state index < -0.39 is 12.0 Å². The Morgan fingerprint density at radius 3 is 2.37 bits per heavy atom. The summed E-state index contributed by atoms with van der Waals surface area (Å²) in [6.07, 6.45) is 4.15. The number of rotatable bonds is 10. The zero-order chi connectivity index (χ0) is 14.7. The molecule has 0 saturated carbocycles. The zero-order valence-corrected chi connectivity index (χ0v) is 11.7. The first-order chi connectivity index (χ1) is 8.97. The molecule has 0 aliphatic rings. The molecule has 0 bridgehead atoms. The van der Waals surface area contributed by atoms with Gasteiger partial charge in [0, 0.05) is 19.9 Å². The Labute approximate surface area is 113 Å². The smallest absolute Gasteiger partial charge is 0.326 e. The molecule has 0 fully saturated rings. The van der Waals surface area contributed by atoms with Crippen LogP contribution < -0.4 is 10.6 Å². The van der Waals surface area contributed by atoms with E-state index in [9.17, 15) is 14.4 Å². The number of carboxylic acid groups (broad SMARTS) is 1. The Hall–Kier alpha value is -1.59. The summed E-state index contributed by atoms with van der Waals surface area (Å²) in [6.45, 7) is 3.88. The van der Waals surface area contributed by atoms with Gasteiger partial charge in [-0.05, 0) is 25.7 Å². The molecule has 3 N–H and O–H groups in total. The number of amides is 2. The van der Waals surface area contributed by atoms with E-state index in [0.29, 0.717) is 32.2 Å². The molecule has 0 rings (SSSR count). The van der Waals surface area contributed by atoms with Gasteiger partial charge in [0.05, 0.1) is 0 Å². The number of carbonyl (C=O) groups excluding carboxylic acids is 2. The summed E-state index contributed by atoms with van der Waals surface area (Å²) in [4.78, 5) is 32.9. The summed E-state index contributed by atoms with van der Waals surface area (Å²) < 4.78 is 0. The molecule has 0 aliphatic heterocycles. The lowest BCUT2D eigenvalue weighted by atomic mass is 10.1. The van der Waals surface area contributed by atoms with Gasteiger partial charge >= 0.3 is 5.97 Å². The van der Waals surface area contributed by atoms with Gasteiger partial charge in [-0.2, -0.15) is 0 Å². The molecule has 0 heterocycles. The van der Waals surface area contributed by atoms with Gasteiger partial charge in [0.25, 0.3) is 0 Å². The molecule has 0 radical (unpaired) electrons. The van der Waals surface area contributed by atoms with Gasteiger partial charge < -0.3 is 15.7 Å². The number of hydrogen-bond donors (Lipinski definition) is 3. The third-order valence-corrected chi connectivity index (χ3v) is 2.67. The minimum absolute atomic E-state index is 0.0403. The van der Waals surface area contributed by atoms with E-state index in [1.807, 2.05) is 6.92 Å². The Morgan fingerprint density at radius 1 is 1.16 bits per heavy atom. The Kier molecular flexibility index (Phi) is 9.48. The summed E-state index contributed by atoms with van der Waals surface area (Å²) in [6, 6.07) is -0.840. The van der Waals surface area contributed by atoms with Gasteiger partial charge in [-0.15, -0.1) is 0 Å². The van der Waals surface area contributed by atoms with Crippen molar-refractivity contribution in [3.8, 4) is 0 Å². The van der Waals surface area contributed by atoms with E-state index >= 15 is 0 Å². The number of hydrogen-bond acceptors (Lipinski definition) is 3. The first kappa shape index (κ1) is 17.4. The Balaban J connectivity index is 3.68. The van der Waals surface area contributed by atoms with Gasteiger partial charge in [-0.1, -0.05) is 13.3 Å². The van der Waals surface area contributed by atoms with Crippen LogP contribution in [0.4, 0.5) is 0 Å². The second-order valence-corrected chi connectivity index (χ2v) is 4.54. The molecule has 1 atom stereocenters. The van der Waals surface area contributed by atoms with Crippen LogP contribution in [0, 0.1) is 0 Å². The van der Waals surface area contributed by atoms with Crippen molar-refractivity contribution in [2.75, 3.05) is 6.54 Å². The van der Waals surface area contributed by atoms with E-state index in [1.165, 1.54) is 6.92 Å². The predicted octanol–water partition coefficient (Wildman–Crippen LogP) is 1.05. The molecular weight excluding hydrogens is 248 g/mol. The van der Waals surface area contributed by atoms with Gasteiger partial charge in [0.15, 0.2) is 0 Å². The van der Waals surface area contributed by atoms with Crippen LogP contribution in [-0.4, -0.2) is 35.5 Å². The fourth-order valence-corrected chi connectivity index (χ4v) is 1.63. The quantitative estimate of drug-likeness (QED) is 0.518. The number of carboxylic acids is 1. The van der Waals surface area contributed by atoms with Crippen LogP contribution in [0.3, 0.4) is 0 Å². The molecule has 0 aromatic heterocycles. The molecule has 2 amide bonds. The van der Waals surface area contributed by atoms with Crippen LogP contribution in [-0.2, 0) is 14.4 Å². The molecule has 0 aromatic carbocycles. The third kappa shape index (κ3) is 10.1. The summed E-state index contributed by atoms with van der Waals surface area (Å²) in [5.74, 6) is -1.33. The van der Waals surface area contributed by atoms with E-state index in [4.69, 9.17) is 5.11 Å². The van der Waals surface area contributed by atoms with E-state index in [1.54, 1.807) is 0 Å². The average molecular weight is 272 g/mol. The minimum atomic E-state index is -1.03. The van der Waals surface area contributed by atoms with Crippen molar-refractivity contribution in [2.45, 2.75) is 58.4 Å². The average Bonchev–Trinajstić information content (AvgIpc) is 2.33. The van der Waals surface area contributed by atoms with Crippen LogP contribution in [0.5, 0.6) is 0 Å². The first-order valence-corrected chi connectivity index (χ1v) is 6.74. The summed E-state index contributed by atoms with van der Waals surface area (Å²) in [5, 5.41) is 14.0. The van der Waals surface area contributed by atoms with E-state index in [2.05, 4.69) is 10.6 Å². The summed E-state index contributed by atoms with van der Waals surface area (Å²) in [7, 11) is 0. The molecule has 6 heteroatoms. The SMILES string of the molecule is CCCCC(=O)NCCCCC(NC(C)=O)C(=O)O. The predicted molar refractivity (Wildman–Crippen MR) is 71.6 cm³/mol. The molecule has 0 saturated heterocycles. The number of aliphatic carboxylic acids is 1. The second kappa shape index (κ2) is 10.3. The maximum atomic E-state index is 11.3. The summed E-state index contributed by atoms with van der Waals surface area (Å²) >= 11 is 0. The van der Waals surface area contributed by atoms with Crippen LogP contribution >= 0.6 is 0 Å². The third-order valence-electron chi connectivity index (χ3n) is 2.67. The molecule has 0 aromatic rings. The normalized spacial score (nSPS) is 11.7. The van der Waals surface area contributed by atoms with Gasteiger partial charge in [-0.3, -0.25) is 9.59 Å². The highest BCUT2D eigenvalue weighted by molar-refractivity contribution is 5.81. The van der Waals surface area contributed by atoms with Crippen molar-refractivity contribution < 1.29 is 19.5 Å². The molecule has 1 unspecified atom stereocenters.